The summed E-state index contributed by atoms with van der Waals surface area (Å²) in [6.07, 6.45) is -1.02. The Labute approximate surface area is 115 Å². The number of rotatable bonds is 0. The summed E-state index contributed by atoms with van der Waals surface area (Å²) in [5, 5.41) is 0. The standard InChI is InChI=1S/C12H16O8/c1-11-9(13)15-3-4-16-10(14)12(2)18-6-8(20-12)7(19-11)5-17-11/h7-8H,3-6H2,1-2H3. The fourth-order valence-corrected chi connectivity index (χ4v) is 2.31. The maximum Gasteiger partial charge on any atom is 0.366 e. The van der Waals surface area contributed by atoms with Gasteiger partial charge in [0.1, 0.15) is 25.4 Å². The van der Waals surface area contributed by atoms with Gasteiger partial charge in [-0.1, -0.05) is 0 Å². The van der Waals surface area contributed by atoms with Gasteiger partial charge >= 0.3 is 11.9 Å². The third-order valence-electron chi connectivity index (χ3n) is 3.50. The van der Waals surface area contributed by atoms with Gasteiger partial charge in [-0.15, -0.1) is 0 Å². The van der Waals surface area contributed by atoms with Crippen molar-refractivity contribution in [1.29, 1.82) is 0 Å². The van der Waals surface area contributed by atoms with Crippen LogP contribution in [0.4, 0.5) is 0 Å². The van der Waals surface area contributed by atoms with Crippen LogP contribution < -0.4 is 0 Å². The van der Waals surface area contributed by atoms with E-state index in [1.165, 1.54) is 13.8 Å². The van der Waals surface area contributed by atoms with Crippen molar-refractivity contribution in [3.05, 3.63) is 0 Å². The van der Waals surface area contributed by atoms with Crippen molar-refractivity contribution in [1.82, 2.24) is 0 Å². The lowest BCUT2D eigenvalue weighted by molar-refractivity contribution is -0.225. The minimum atomic E-state index is -1.46. The number of carbonyl (C=O) groups is 2. The van der Waals surface area contributed by atoms with Crippen molar-refractivity contribution >= 4 is 11.9 Å². The van der Waals surface area contributed by atoms with Crippen LogP contribution in [-0.2, 0) is 38.0 Å². The normalized spacial score (nSPS) is 45.3. The maximum atomic E-state index is 11.9. The zero-order valence-electron chi connectivity index (χ0n) is 11.2. The Kier molecular flexibility index (Phi) is 3.20. The van der Waals surface area contributed by atoms with E-state index < -0.39 is 35.7 Å². The Hall–Kier alpha value is -1.22. The van der Waals surface area contributed by atoms with Crippen LogP contribution in [0, 0.1) is 0 Å². The SMILES string of the molecule is CC12OCC(O1)C1COC(C)(O1)C(=O)OCCOC2=O. The van der Waals surface area contributed by atoms with Crippen LogP contribution in [-0.4, -0.2) is 62.1 Å². The molecule has 3 rings (SSSR count). The summed E-state index contributed by atoms with van der Waals surface area (Å²) in [6, 6.07) is 0. The summed E-state index contributed by atoms with van der Waals surface area (Å²) in [7, 11) is 0. The van der Waals surface area contributed by atoms with Crippen LogP contribution in [0.5, 0.6) is 0 Å². The molecule has 0 saturated carbocycles. The van der Waals surface area contributed by atoms with Gasteiger partial charge in [0.15, 0.2) is 0 Å². The van der Waals surface area contributed by atoms with Crippen molar-refractivity contribution < 1.29 is 38.0 Å². The van der Waals surface area contributed by atoms with Crippen molar-refractivity contribution in [2.45, 2.75) is 37.6 Å². The lowest BCUT2D eigenvalue weighted by Gasteiger charge is -2.25. The monoisotopic (exact) mass is 288 g/mol. The van der Waals surface area contributed by atoms with Crippen LogP contribution in [0.25, 0.3) is 0 Å². The zero-order valence-corrected chi connectivity index (χ0v) is 11.2. The van der Waals surface area contributed by atoms with Gasteiger partial charge in [-0.25, -0.2) is 9.59 Å². The second-order valence-corrected chi connectivity index (χ2v) is 5.10. The molecule has 3 heterocycles. The van der Waals surface area contributed by atoms with E-state index in [9.17, 15) is 9.59 Å². The summed E-state index contributed by atoms with van der Waals surface area (Å²) in [5.41, 5.74) is 0. The molecule has 0 radical (unpaired) electrons. The van der Waals surface area contributed by atoms with E-state index in [0.717, 1.165) is 0 Å². The Morgan fingerprint density at radius 3 is 1.65 bits per heavy atom. The van der Waals surface area contributed by atoms with Crippen LogP contribution in [0.2, 0.25) is 0 Å². The van der Waals surface area contributed by atoms with Gasteiger partial charge in [-0.3, -0.25) is 0 Å². The van der Waals surface area contributed by atoms with E-state index in [1.807, 2.05) is 0 Å². The average molecular weight is 288 g/mol. The van der Waals surface area contributed by atoms with Crippen molar-refractivity contribution in [2.24, 2.45) is 0 Å². The van der Waals surface area contributed by atoms with E-state index in [1.54, 1.807) is 0 Å². The van der Waals surface area contributed by atoms with E-state index in [-0.39, 0.29) is 26.4 Å². The van der Waals surface area contributed by atoms with Crippen molar-refractivity contribution in [2.75, 3.05) is 26.4 Å². The molecule has 0 N–H and O–H groups in total. The Morgan fingerprint density at radius 1 is 0.850 bits per heavy atom. The maximum absolute atomic E-state index is 11.9. The van der Waals surface area contributed by atoms with Gasteiger partial charge in [-0.2, -0.15) is 0 Å². The summed E-state index contributed by atoms with van der Waals surface area (Å²) in [4.78, 5) is 23.7. The molecule has 8 heteroatoms. The first-order valence-corrected chi connectivity index (χ1v) is 6.41. The molecule has 3 saturated heterocycles. The predicted molar refractivity (Wildman–Crippen MR) is 60.4 cm³/mol. The molecule has 0 amide bonds. The van der Waals surface area contributed by atoms with E-state index in [0.29, 0.717) is 0 Å². The van der Waals surface area contributed by atoms with E-state index in [4.69, 9.17) is 28.4 Å². The lowest BCUT2D eigenvalue weighted by Crippen LogP contribution is -2.44. The molecule has 8 nitrogen and oxygen atoms in total. The largest absolute Gasteiger partial charge is 0.458 e. The van der Waals surface area contributed by atoms with Crippen LogP contribution in [0.1, 0.15) is 13.8 Å². The van der Waals surface area contributed by atoms with Gasteiger partial charge in [0.2, 0.25) is 0 Å². The fourth-order valence-electron chi connectivity index (χ4n) is 2.31. The topological polar surface area (TPSA) is 89.5 Å². The van der Waals surface area contributed by atoms with Gasteiger partial charge in [0, 0.05) is 13.8 Å². The number of hydrogen-bond donors (Lipinski definition) is 0. The smallest absolute Gasteiger partial charge is 0.366 e. The molecule has 4 atom stereocenters. The quantitative estimate of drug-likeness (QED) is 0.543. The summed E-state index contributed by atoms with van der Waals surface area (Å²) in [5.74, 6) is -4.23. The van der Waals surface area contributed by atoms with E-state index >= 15 is 0 Å². The highest BCUT2D eigenvalue weighted by Gasteiger charge is 2.54. The van der Waals surface area contributed by atoms with Crippen LogP contribution >= 0.6 is 0 Å². The molecule has 4 bridgehead atoms. The molecule has 0 spiro atoms. The molecule has 0 aliphatic carbocycles. The first kappa shape index (κ1) is 13.7. The third-order valence-corrected chi connectivity index (χ3v) is 3.50. The summed E-state index contributed by atoms with van der Waals surface area (Å²) >= 11 is 0. The molecular weight excluding hydrogens is 272 g/mol. The molecule has 0 aromatic carbocycles. The summed E-state index contributed by atoms with van der Waals surface area (Å²) in [6.45, 7) is 3.12. The predicted octanol–water partition coefficient (Wildman–Crippen LogP) is -0.650. The molecule has 3 aliphatic heterocycles. The molecule has 0 aromatic rings. The number of esters is 2. The molecule has 3 aliphatic rings. The van der Waals surface area contributed by atoms with Crippen LogP contribution in [0.3, 0.4) is 0 Å². The van der Waals surface area contributed by atoms with E-state index in [2.05, 4.69) is 0 Å². The molecular formula is C12H16O8. The highest BCUT2D eigenvalue weighted by atomic mass is 16.8. The molecule has 20 heavy (non-hydrogen) atoms. The number of ether oxygens (including phenoxy) is 6. The number of fused-ring (bicyclic) bond motifs is 5. The van der Waals surface area contributed by atoms with Crippen LogP contribution in [0.15, 0.2) is 0 Å². The summed E-state index contributed by atoms with van der Waals surface area (Å²) < 4.78 is 31.9. The van der Waals surface area contributed by atoms with Gasteiger partial charge in [-0.05, 0) is 0 Å². The Bertz CT molecular complexity index is 397. The van der Waals surface area contributed by atoms with Gasteiger partial charge < -0.3 is 28.4 Å². The average Bonchev–Trinajstić information content (AvgIpc) is 2.99. The second kappa shape index (κ2) is 4.66. The van der Waals surface area contributed by atoms with Gasteiger partial charge in [0.05, 0.1) is 13.2 Å². The fraction of sp³-hybridized carbons (Fsp3) is 0.833. The molecule has 0 aromatic heterocycles. The number of cyclic esters (lactones) is 2. The molecule has 3 fully saturated rings. The number of hydrogen-bond acceptors (Lipinski definition) is 8. The lowest BCUT2D eigenvalue weighted by atomic mass is 10.2. The molecule has 112 valence electrons. The zero-order chi connectivity index (χ0) is 14.4. The highest BCUT2D eigenvalue weighted by molar-refractivity contribution is 5.78. The first-order valence-electron chi connectivity index (χ1n) is 6.41. The second-order valence-electron chi connectivity index (χ2n) is 5.10. The minimum Gasteiger partial charge on any atom is -0.458 e. The number of carbonyl (C=O) groups excluding carboxylic acids is 2. The first-order chi connectivity index (χ1) is 9.43. The third kappa shape index (κ3) is 2.18. The Morgan fingerprint density at radius 2 is 1.25 bits per heavy atom. The highest BCUT2D eigenvalue weighted by Crippen LogP contribution is 2.33. The molecule has 4 unspecified atom stereocenters. The van der Waals surface area contributed by atoms with Crippen molar-refractivity contribution in [3.8, 4) is 0 Å². The minimum absolute atomic E-state index is 0.0863. The van der Waals surface area contributed by atoms with Gasteiger partial charge in [0.25, 0.3) is 11.6 Å². The van der Waals surface area contributed by atoms with Crippen molar-refractivity contribution in [3.63, 3.8) is 0 Å². The Balaban J connectivity index is 1.82.